The summed E-state index contributed by atoms with van der Waals surface area (Å²) in [5.74, 6) is 2.95. The summed E-state index contributed by atoms with van der Waals surface area (Å²) in [6, 6.07) is 13.7. The first-order valence-corrected chi connectivity index (χ1v) is 20.6. The van der Waals surface area contributed by atoms with Crippen LogP contribution in [-0.4, -0.2) is 78.5 Å². The minimum atomic E-state index is -1.11. The number of anilines is 1. The normalized spacial score (nSPS) is 28.8. The number of benzene rings is 2. The first kappa shape index (κ1) is 37.9. The summed E-state index contributed by atoms with van der Waals surface area (Å²) in [7, 11) is 1.83. The molecule has 2 aromatic carbocycles. The number of aliphatic carboxylic acids is 1. The number of halogens is 1. The van der Waals surface area contributed by atoms with Crippen LogP contribution in [-0.2, 0) is 32.6 Å². The third-order valence-corrected chi connectivity index (χ3v) is 13.4. The van der Waals surface area contributed by atoms with Gasteiger partial charge in [0.2, 0.25) is 5.91 Å². The standard InChI is InChI=1S/C44H54ClN3O7/c1-27(23-53-37-10-15-46-36-9-4-6-28(2)41(36)37)16-31-18-30-19-38-39(55-34(26-54-38)25-52-24-29-17-40(49)48(3)22-29)21-35(30)43(31)11-13-44(14-12-43,42(50)51)47-33-8-5-7-32(45)20-33/h5,7-8,10,15,19-21,27-29,31,34,47H,4,6,9,11-14,16-18,22-26H2,1-3H3,(H,50,51)/t27-,28-,29?,31?,34?,43?,44?/m1/s1. The zero-order chi connectivity index (χ0) is 38.3. The molecule has 3 heterocycles. The van der Waals surface area contributed by atoms with Gasteiger partial charge >= 0.3 is 5.97 Å². The lowest BCUT2D eigenvalue weighted by Gasteiger charge is -2.47. The maximum absolute atomic E-state index is 13.1. The van der Waals surface area contributed by atoms with Crippen molar-refractivity contribution in [3.8, 4) is 17.2 Å². The highest BCUT2D eigenvalue weighted by Gasteiger charge is 2.54. The number of carbonyl (C=O) groups excluding carboxylic acids is 1. The van der Waals surface area contributed by atoms with E-state index in [-0.39, 0.29) is 29.3 Å². The molecule has 2 aliphatic heterocycles. The Morgan fingerprint density at radius 2 is 1.96 bits per heavy atom. The van der Waals surface area contributed by atoms with Crippen LogP contribution >= 0.6 is 11.6 Å². The lowest BCUT2D eigenvalue weighted by Crippen LogP contribution is -2.53. The molecule has 11 heteroatoms. The van der Waals surface area contributed by atoms with Crippen molar-refractivity contribution in [1.82, 2.24) is 9.88 Å². The van der Waals surface area contributed by atoms with E-state index in [1.807, 2.05) is 31.4 Å². The van der Waals surface area contributed by atoms with Gasteiger partial charge in [0.15, 0.2) is 17.6 Å². The Labute approximate surface area is 329 Å². The molecule has 3 aromatic rings. The molecule has 5 aliphatic rings. The number of nitrogens with zero attached hydrogens (tertiary/aromatic N) is 2. The number of likely N-dealkylation sites (tertiary alicyclic amines) is 1. The van der Waals surface area contributed by atoms with E-state index in [4.69, 9.17) is 30.5 Å². The Kier molecular flexibility index (Phi) is 10.7. The Morgan fingerprint density at radius 3 is 2.73 bits per heavy atom. The number of amides is 1. The fourth-order valence-corrected chi connectivity index (χ4v) is 10.4. The van der Waals surface area contributed by atoms with E-state index < -0.39 is 11.5 Å². The zero-order valence-electron chi connectivity index (χ0n) is 32.3. The molecule has 1 aromatic heterocycles. The van der Waals surface area contributed by atoms with Crippen molar-refractivity contribution < 1.29 is 33.6 Å². The second kappa shape index (κ2) is 15.5. The van der Waals surface area contributed by atoms with E-state index in [0.717, 1.165) is 42.9 Å². The van der Waals surface area contributed by atoms with Crippen LogP contribution in [0.15, 0.2) is 48.7 Å². The monoisotopic (exact) mass is 771 g/mol. The molecule has 1 saturated heterocycles. The van der Waals surface area contributed by atoms with Crippen molar-refractivity contribution in [3.63, 3.8) is 0 Å². The molecule has 1 amide bonds. The fraction of sp³-hybridized carbons (Fsp3) is 0.568. The van der Waals surface area contributed by atoms with Gasteiger partial charge in [-0.15, -0.1) is 0 Å². The summed E-state index contributed by atoms with van der Waals surface area (Å²) in [6.45, 7) is 7.16. The summed E-state index contributed by atoms with van der Waals surface area (Å²) < 4.78 is 25.5. The van der Waals surface area contributed by atoms with Crippen LogP contribution in [0.1, 0.15) is 93.5 Å². The molecule has 3 aliphatic carbocycles. The maximum Gasteiger partial charge on any atom is 0.329 e. The number of nitrogens with one attached hydrogen (secondary N) is 1. The van der Waals surface area contributed by atoms with E-state index >= 15 is 0 Å². The predicted octanol–water partition coefficient (Wildman–Crippen LogP) is 7.83. The van der Waals surface area contributed by atoms with Crippen LogP contribution in [0.25, 0.3) is 0 Å². The number of carboxylic acid groups (broad SMARTS) is 1. The molecule has 0 radical (unpaired) electrons. The van der Waals surface area contributed by atoms with Crippen LogP contribution in [0.3, 0.4) is 0 Å². The lowest BCUT2D eigenvalue weighted by molar-refractivity contribution is -0.144. The molecule has 10 nitrogen and oxygen atoms in total. The molecule has 3 unspecified atom stereocenters. The molecule has 1 saturated carbocycles. The molecule has 2 N–H and O–H groups in total. The van der Waals surface area contributed by atoms with E-state index in [0.29, 0.717) is 87.6 Å². The van der Waals surface area contributed by atoms with Gasteiger partial charge in [0.1, 0.15) is 17.9 Å². The summed E-state index contributed by atoms with van der Waals surface area (Å²) in [6.07, 6.45) is 9.68. The number of aryl methyl sites for hydroxylation is 1. The minimum Gasteiger partial charge on any atom is -0.493 e. The van der Waals surface area contributed by atoms with Gasteiger partial charge in [0.05, 0.1) is 19.8 Å². The molecular weight excluding hydrogens is 718 g/mol. The van der Waals surface area contributed by atoms with Crippen LogP contribution < -0.4 is 19.5 Å². The van der Waals surface area contributed by atoms with Crippen molar-refractivity contribution in [3.05, 3.63) is 76.1 Å². The number of pyridine rings is 1. The minimum absolute atomic E-state index is 0.160. The number of rotatable bonds is 12. The topological polar surface area (TPSA) is 119 Å². The number of fused-ring (bicyclic) bond motifs is 4. The largest absolute Gasteiger partial charge is 0.493 e. The van der Waals surface area contributed by atoms with Crippen molar-refractivity contribution in [2.75, 3.05) is 45.3 Å². The zero-order valence-corrected chi connectivity index (χ0v) is 33.0. The summed E-state index contributed by atoms with van der Waals surface area (Å²) in [4.78, 5) is 31.5. The Balaban J connectivity index is 1.02. The number of carbonyl (C=O) groups is 2. The molecule has 294 valence electrons. The van der Waals surface area contributed by atoms with Crippen molar-refractivity contribution in [1.29, 1.82) is 0 Å². The van der Waals surface area contributed by atoms with Gasteiger partial charge in [-0.05, 0) is 128 Å². The van der Waals surface area contributed by atoms with Crippen LogP contribution in [0.2, 0.25) is 5.02 Å². The van der Waals surface area contributed by atoms with E-state index in [9.17, 15) is 14.7 Å². The third-order valence-electron chi connectivity index (χ3n) is 13.2. The summed E-state index contributed by atoms with van der Waals surface area (Å²) >= 11 is 6.31. The highest BCUT2D eigenvalue weighted by molar-refractivity contribution is 6.30. The van der Waals surface area contributed by atoms with Crippen molar-refractivity contribution >= 4 is 29.2 Å². The average molecular weight is 772 g/mol. The number of hydrogen-bond donors (Lipinski definition) is 2. The first-order valence-electron chi connectivity index (χ1n) is 20.2. The van der Waals surface area contributed by atoms with Crippen molar-refractivity contribution in [2.45, 2.75) is 101 Å². The number of hydrogen-bond acceptors (Lipinski definition) is 8. The lowest BCUT2D eigenvalue weighted by atomic mass is 9.59. The highest BCUT2D eigenvalue weighted by atomic mass is 35.5. The second-order valence-corrected chi connectivity index (χ2v) is 17.5. The third kappa shape index (κ3) is 7.61. The molecule has 0 bridgehead atoms. The smallest absolute Gasteiger partial charge is 0.329 e. The van der Waals surface area contributed by atoms with Gasteiger partial charge < -0.3 is 34.3 Å². The van der Waals surface area contributed by atoms with Gasteiger partial charge in [-0.1, -0.05) is 31.5 Å². The fourth-order valence-electron chi connectivity index (χ4n) is 10.2. The van der Waals surface area contributed by atoms with Crippen LogP contribution in [0, 0.1) is 17.8 Å². The molecule has 5 atom stereocenters. The predicted molar refractivity (Wildman–Crippen MR) is 211 cm³/mol. The van der Waals surface area contributed by atoms with Gasteiger partial charge in [0.25, 0.3) is 0 Å². The maximum atomic E-state index is 13.1. The first-order chi connectivity index (χ1) is 26.5. The molecule has 55 heavy (non-hydrogen) atoms. The quantitative estimate of drug-likeness (QED) is 0.190. The van der Waals surface area contributed by atoms with E-state index in [1.165, 1.54) is 28.8 Å². The Bertz CT molecular complexity index is 1910. The number of aromatic nitrogens is 1. The van der Waals surface area contributed by atoms with Crippen molar-refractivity contribution in [2.24, 2.45) is 17.8 Å². The number of ether oxygens (including phenoxy) is 4. The molecule has 1 spiro atoms. The van der Waals surface area contributed by atoms with E-state index in [2.05, 4.69) is 36.3 Å². The highest BCUT2D eigenvalue weighted by Crippen LogP contribution is 2.58. The molecule has 8 rings (SSSR count). The van der Waals surface area contributed by atoms with Crippen LogP contribution in [0.5, 0.6) is 17.2 Å². The summed E-state index contributed by atoms with van der Waals surface area (Å²) in [5, 5.41) is 14.7. The molecule has 2 fully saturated rings. The van der Waals surface area contributed by atoms with Gasteiger partial charge in [0, 0.05) is 54.1 Å². The van der Waals surface area contributed by atoms with Crippen LogP contribution in [0.4, 0.5) is 5.69 Å². The van der Waals surface area contributed by atoms with Gasteiger partial charge in [-0.25, -0.2) is 4.79 Å². The molecular formula is C44H54ClN3O7. The van der Waals surface area contributed by atoms with Gasteiger partial charge in [-0.2, -0.15) is 0 Å². The number of carboxylic acids is 1. The second-order valence-electron chi connectivity index (χ2n) is 17.1. The van der Waals surface area contributed by atoms with Gasteiger partial charge in [-0.3, -0.25) is 9.78 Å². The SMILES string of the molecule is C[C@@H](COc1ccnc2c1[C@H](C)CCC2)CC1Cc2cc3c(cc2C12CCC(Nc1cccc(Cl)c1)(C(=O)O)CC2)OC(COCC1CC(=O)N(C)C1)CO3. The Hall–Kier alpha value is -4.02. The Morgan fingerprint density at radius 1 is 1.13 bits per heavy atom. The average Bonchev–Trinajstić information content (AvgIpc) is 3.63. The van der Waals surface area contributed by atoms with E-state index in [1.54, 1.807) is 17.0 Å². The summed E-state index contributed by atoms with van der Waals surface area (Å²) in [5.41, 5.74) is 4.33.